The normalized spacial score (nSPS) is 11.9. The van der Waals surface area contributed by atoms with Gasteiger partial charge in [0.25, 0.3) is 5.78 Å². The summed E-state index contributed by atoms with van der Waals surface area (Å²) in [6.45, 7) is 9.46. The van der Waals surface area contributed by atoms with E-state index in [1.807, 2.05) is 45.0 Å². The van der Waals surface area contributed by atoms with E-state index in [9.17, 15) is 9.59 Å². The minimum Gasteiger partial charge on any atom is -0.457 e. The molecule has 2 aromatic rings. The van der Waals surface area contributed by atoms with Crippen molar-refractivity contribution in [3.05, 3.63) is 35.5 Å². The Morgan fingerprint density at radius 2 is 1.76 bits per heavy atom. The van der Waals surface area contributed by atoms with Gasteiger partial charge in [0, 0.05) is 22.0 Å². The summed E-state index contributed by atoms with van der Waals surface area (Å²) in [5.74, 6) is -1.40. The summed E-state index contributed by atoms with van der Waals surface area (Å²) in [4.78, 5) is 27.8. The van der Waals surface area contributed by atoms with Crippen molar-refractivity contribution in [3.8, 4) is 0 Å². The number of ether oxygens (including phenoxy) is 1. The Bertz CT molecular complexity index is 690. The molecule has 0 saturated carbocycles. The topological polar surface area (TPSA) is 59.2 Å². The number of aromatic amines is 1. The van der Waals surface area contributed by atoms with Crippen molar-refractivity contribution in [2.75, 3.05) is 0 Å². The predicted octanol–water partition coefficient (Wildman–Crippen LogP) is 3.60. The van der Waals surface area contributed by atoms with E-state index in [4.69, 9.17) is 4.74 Å². The van der Waals surface area contributed by atoms with Crippen LogP contribution in [0, 0.1) is 0 Å². The molecule has 0 bridgehead atoms. The van der Waals surface area contributed by atoms with Gasteiger partial charge in [-0.05, 0) is 19.9 Å². The smallest absolute Gasteiger partial charge is 0.380 e. The number of rotatable bonds is 3. The Hall–Kier alpha value is -2.10. The number of para-hydroxylation sites is 1. The van der Waals surface area contributed by atoms with Gasteiger partial charge >= 0.3 is 5.97 Å². The lowest BCUT2D eigenvalue weighted by Crippen LogP contribution is -2.24. The molecule has 0 unspecified atom stereocenters. The number of hydrogen-bond donors (Lipinski definition) is 1. The summed E-state index contributed by atoms with van der Waals surface area (Å²) in [5.41, 5.74) is 1.75. The highest BCUT2D eigenvalue weighted by molar-refractivity contribution is 6.43. The quantitative estimate of drug-likeness (QED) is 0.533. The number of ketones is 1. The highest BCUT2D eigenvalue weighted by Gasteiger charge is 2.30. The van der Waals surface area contributed by atoms with Gasteiger partial charge in [0.15, 0.2) is 0 Å². The summed E-state index contributed by atoms with van der Waals surface area (Å²) in [6, 6.07) is 7.49. The molecule has 0 saturated heterocycles. The van der Waals surface area contributed by atoms with Gasteiger partial charge in [-0.25, -0.2) is 4.79 Å². The van der Waals surface area contributed by atoms with Crippen LogP contribution in [-0.4, -0.2) is 22.8 Å². The molecule has 21 heavy (non-hydrogen) atoms. The van der Waals surface area contributed by atoms with Gasteiger partial charge in [0.05, 0.1) is 11.7 Å². The van der Waals surface area contributed by atoms with Gasteiger partial charge in [-0.15, -0.1) is 0 Å². The van der Waals surface area contributed by atoms with E-state index >= 15 is 0 Å². The van der Waals surface area contributed by atoms with Crippen LogP contribution in [0.3, 0.4) is 0 Å². The van der Waals surface area contributed by atoms with E-state index in [-0.39, 0.29) is 11.5 Å². The first-order valence-corrected chi connectivity index (χ1v) is 7.08. The first kappa shape index (κ1) is 15.3. The van der Waals surface area contributed by atoms with Crippen molar-refractivity contribution in [1.82, 2.24) is 4.98 Å². The minimum atomic E-state index is -0.805. The average molecular weight is 287 g/mol. The van der Waals surface area contributed by atoms with Crippen molar-refractivity contribution in [2.24, 2.45) is 0 Å². The second kappa shape index (κ2) is 5.35. The molecule has 0 spiro atoms. The number of carbonyl (C=O) groups is 2. The number of fused-ring (bicyclic) bond motifs is 1. The average Bonchev–Trinajstić information content (AvgIpc) is 2.76. The zero-order chi connectivity index (χ0) is 15.8. The molecule has 1 heterocycles. The Labute approximate surface area is 124 Å². The molecule has 1 N–H and O–H groups in total. The molecular weight excluding hydrogens is 266 g/mol. The molecular formula is C17H21NO3. The Morgan fingerprint density at radius 3 is 2.33 bits per heavy atom. The van der Waals surface area contributed by atoms with E-state index in [0.717, 1.165) is 16.6 Å². The van der Waals surface area contributed by atoms with Crippen LogP contribution in [0.4, 0.5) is 0 Å². The van der Waals surface area contributed by atoms with Crippen LogP contribution in [0.15, 0.2) is 24.3 Å². The van der Waals surface area contributed by atoms with E-state index in [2.05, 4.69) is 4.98 Å². The third kappa shape index (κ3) is 2.99. The largest absolute Gasteiger partial charge is 0.457 e. The molecule has 1 aromatic heterocycles. The molecule has 0 aliphatic rings. The van der Waals surface area contributed by atoms with Gasteiger partial charge in [0.1, 0.15) is 0 Å². The number of carbonyl (C=O) groups excluding carboxylic acids is 2. The SMILES string of the molecule is CC(C)OC(=O)C(=O)c1c(C(C)(C)C)[nH]c2ccccc12. The van der Waals surface area contributed by atoms with Gasteiger partial charge in [-0.3, -0.25) is 4.79 Å². The molecule has 0 aliphatic carbocycles. The number of nitrogens with one attached hydrogen (secondary N) is 1. The lowest BCUT2D eigenvalue weighted by molar-refractivity contribution is -0.141. The summed E-state index contributed by atoms with van der Waals surface area (Å²) in [7, 11) is 0. The molecule has 1 aromatic carbocycles. The number of hydrogen-bond acceptors (Lipinski definition) is 3. The first-order valence-electron chi connectivity index (χ1n) is 7.08. The molecule has 0 atom stereocenters. The van der Waals surface area contributed by atoms with Gasteiger partial charge in [-0.2, -0.15) is 0 Å². The summed E-state index contributed by atoms with van der Waals surface area (Å²) < 4.78 is 5.05. The lowest BCUT2D eigenvalue weighted by atomic mass is 9.87. The number of esters is 1. The van der Waals surface area contributed by atoms with E-state index in [1.165, 1.54) is 0 Å². The molecule has 4 nitrogen and oxygen atoms in total. The highest BCUT2D eigenvalue weighted by atomic mass is 16.5. The maximum absolute atomic E-state index is 12.5. The van der Waals surface area contributed by atoms with Gasteiger partial charge < -0.3 is 9.72 Å². The molecule has 0 radical (unpaired) electrons. The maximum Gasteiger partial charge on any atom is 0.380 e. The molecule has 112 valence electrons. The summed E-state index contributed by atoms with van der Waals surface area (Å²) >= 11 is 0. The first-order chi connectivity index (χ1) is 9.71. The third-order valence-electron chi connectivity index (χ3n) is 3.21. The number of aromatic nitrogens is 1. The Kier molecular flexibility index (Phi) is 3.90. The van der Waals surface area contributed by atoms with Crippen LogP contribution < -0.4 is 0 Å². The van der Waals surface area contributed by atoms with Crippen molar-refractivity contribution in [3.63, 3.8) is 0 Å². The van der Waals surface area contributed by atoms with Crippen LogP contribution in [0.5, 0.6) is 0 Å². The summed E-state index contributed by atoms with van der Waals surface area (Å²) in [5, 5.41) is 0.758. The van der Waals surface area contributed by atoms with Crippen LogP contribution in [-0.2, 0) is 14.9 Å². The van der Waals surface area contributed by atoms with Crippen molar-refractivity contribution in [1.29, 1.82) is 0 Å². The zero-order valence-corrected chi connectivity index (χ0v) is 13.1. The van der Waals surface area contributed by atoms with Gasteiger partial charge in [0.2, 0.25) is 0 Å². The Morgan fingerprint density at radius 1 is 1.14 bits per heavy atom. The van der Waals surface area contributed by atoms with Gasteiger partial charge in [-0.1, -0.05) is 39.0 Å². The fraction of sp³-hybridized carbons (Fsp3) is 0.412. The molecule has 2 rings (SSSR count). The van der Waals surface area contributed by atoms with Crippen LogP contribution in [0.1, 0.15) is 50.7 Å². The highest BCUT2D eigenvalue weighted by Crippen LogP contribution is 2.31. The lowest BCUT2D eigenvalue weighted by Gasteiger charge is -2.19. The number of H-pyrrole nitrogens is 1. The Balaban J connectivity index is 2.60. The fourth-order valence-corrected chi connectivity index (χ4v) is 2.31. The second-order valence-electron chi connectivity index (χ2n) is 6.45. The maximum atomic E-state index is 12.5. The predicted molar refractivity (Wildman–Crippen MR) is 82.6 cm³/mol. The number of benzene rings is 1. The standard InChI is InChI=1S/C17H21NO3/c1-10(2)21-16(20)14(19)13-11-8-6-7-9-12(11)18-15(13)17(3,4)5/h6-10,18H,1-5H3. The molecule has 0 fully saturated rings. The van der Waals surface area contributed by atoms with E-state index < -0.39 is 11.8 Å². The second-order valence-corrected chi connectivity index (χ2v) is 6.45. The third-order valence-corrected chi connectivity index (χ3v) is 3.21. The van der Waals surface area contributed by atoms with Crippen molar-refractivity contribution >= 4 is 22.7 Å². The van der Waals surface area contributed by atoms with Crippen molar-refractivity contribution in [2.45, 2.75) is 46.1 Å². The zero-order valence-electron chi connectivity index (χ0n) is 13.1. The number of Topliss-reactive ketones (excluding diaryl/α,β-unsaturated/α-hetero) is 1. The molecule has 0 aliphatic heterocycles. The fourth-order valence-electron chi connectivity index (χ4n) is 2.31. The summed E-state index contributed by atoms with van der Waals surface area (Å²) in [6.07, 6.45) is -0.315. The van der Waals surface area contributed by atoms with E-state index in [1.54, 1.807) is 13.8 Å². The van der Waals surface area contributed by atoms with Crippen molar-refractivity contribution < 1.29 is 14.3 Å². The van der Waals surface area contributed by atoms with E-state index in [0.29, 0.717) is 5.56 Å². The molecule has 4 heteroatoms. The minimum absolute atomic E-state index is 0.276. The molecule has 0 amide bonds. The van der Waals surface area contributed by atoms with Crippen LogP contribution >= 0.6 is 0 Å². The van der Waals surface area contributed by atoms with Crippen LogP contribution in [0.2, 0.25) is 0 Å². The monoisotopic (exact) mass is 287 g/mol. The van der Waals surface area contributed by atoms with Crippen LogP contribution in [0.25, 0.3) is 10.9 Å².